The number of aromatic nitrogens is 1. The van der Waals surface area contributed by atoms with Crippen molar-refractivity contribution in [1.29, 1.82) is 0 Å². The summed E-state index contributed by atoms with van der Waals surface area (Å²) in [6.07, 6.45) is 3.24. The van der Waals surface area contributed by atoms with Gasteiger partial charge in [0.05, 0.1) is 5.69 Å². The van der Waals surface area contributed by atoms with E-state index in [-0.39, 0.29) is 0 Å². The van der Waals surface area contributed by atoms with Gasteiger partial charge in [0.2, 0.25) is 0 Å². The van der Waals surface area contributed by atoms with Gasteiger partial charge in [0.15, 0.2) is 5.56 Å². The number of H-pyrrole nitrogens is 1. The largest absolute Gasteiger partial charge is 0.506 e. The molecular formula is C22H35N3O4. The lowest BCUT2D eigenvalue weighted by atomic mass is 10.0. The number of nitrogens with zero attached hydrogens (tertiary/aromatic N) is 2. The molecule has 0 amide bonds. The zero-order chi connectivity index (χ0) is 22.3. The minimum absolute atomic E-state index is 0.424. The topological polar surface area (TPSA) is 96.9 Å². The molecule has 1 aliphatic carbocycles. The molecule has 0 bridgehead atoms. The molecule has 0 atom stereocenters. The summed E-state index contributed by atoms with van der Waals surface area (Å²) in [6.45, 7) is 13.8. The van der Waals surface area contributed by atoms with Crippen molar-refractivity contribution >= 4 is 11.5 Å². The smallest absolute Gasteiger partial charge is 0.345 e. The van der Waals surface area contributed by atoms with Crippen LogP contribution >= 0.6 is 0 Å². The van der Waals surface area contributed by atoms with Gasteiger partial charge in [0.1, 0.15) is 5.75 Å². The number of aromatic hydroxyl groups is 1. The van der Waals surface area contributed by atoms with Gasteiger partial charge in [-0.1, -0.05) is 26.8 Å². The highest BCUT2D eigenvalue weighted by molar-refractivity contribution is 5.91. The Morgan fingerprint density at radius 2 is 1.79 bits per heavy atom. The Morgan fingerprint density at radius 3 is 2.28 bits per heavy atom. The molecule has 1 aliphatic rings. The van der Waals surface area contributed by atoms with Gasteiger partial charge >= 0.3 is 5.97 Å². The fourth-order valence-electron chi connectivity index (χ4n) is 3.35. The van der Waals surface area contributed by atoms with E-state index in [2.05, 4.69) is 35.2 Å². The van der Waals surface area contributed by atoms with Crippen LogP contribution in [0.3, 0.4) is 0 Å². The van der Waals surface area contributed by atoms with E-state index in [0.717, 1.165) is 42.9 Å². The molecule has 0 unspecified atom stereocenters. The summed E-state index contributed by atoms with van der Waals surface area (Å²) < 4.78 is 0. The van der Waals surface area contributed by atoms with Gasteiger partial charge in [0, 0.05) is 30.0 Å². The lowest BCUT2D eigenvalue weighted by Crippen LogP contribution is -2.30. The molecule has 1 heterocycles. The highest BCUT2D eigenvalue weighted by atomic mass is 16.4. The number of fused-ring (bicyclic) bond motifs is 1. The second kappa shape index (κ2) is 10.9. The predicted octanol–water partition coefficient (Wildman–Crippen LogP) is 3.66. The van der Waals surface area contributed by atoms with E-state index in [1.807, 2.05) is 27.9 Å². The Balaban J connectivity index is 0.00000132. The Hall–Kier alpha value is -2.54. The van der Waals surface area contributed by atoms with Crippen molar-refractivity contribution in [2.75, 3.05) is 27.2 Å². The van der Waals surface area contributed by atoms with Crippen LogP contribution in [0.25, 0.3) is 5.57 Å². The molecule has 3 N–H and O–H groups in total. The second-order valence-electron chi connectivity index (χ2n) is 7.66. The number of allylic oxidation sites excluding steroid dienone is 3. The van der Waals surface area contributed by atoms with Crippen LogP contribution in [-0.2, 0) is 6.42 Å². The summed E-state index contributed by atoms with van der Waals surface area (Å²) in [5.41, 5.74) is 2.40. The average Bonchev–Trinajstić information content (AvgIpc) is 2.75. The van der Waals surface area contributed by atoms with E-state index in [9.17, 15) is 19.8 Å². The van der Waals surface area contributed by atoms with E-state index >= 15 is 0 Å². The zero-order valence-electron chi connectivity index (χ0n) is 18.6. The normalized spacial score (nSPS) is 13.3. The molecule has 1 aromatic rings. The van der Waals surface area contributed by atoms with Crippen molar-refractivity contribution in [3.05, 3.63) is 45.1 Å². The third-order valence-corrected chi connectivity index (χ3v) is 4.71. The second-order valence-corrected chi connectivity index (χ2v) is 7.66. The van der Waals surface area contributed by atoms with Gasteiger partial charge in [-0.2, -0.15) is 0 Å². The molecule has 0 saturated carbocycles. The summed E-state index contributed by atoms with van der Waals surface area (Å²) in [4.78, 5) is 30.4. The fraction of sp³-hybridized carbons (Fsp3) is 0.545. The average molecular weight is 406 g/mol. The first-order valence-corrected chi connectivity index (χ1v) is 10.1. The van der Waals surface area contributed by atoms with Crippen LogP contribution in [-0.4, -0.2) is 58.2 Å². The van der Waals surface area contributed by atoms with Crippen molar-refractivity contribution in [3.8, 4) is 5.75 Å². The number of carbonyl (C=O) groups is 1. The standard InChI is InChI=1S/C19H27N3O4.C3H8/c1-11(2)22(10-9-21(4)5)14-8-6-7-13-16(12(14)3)20-18(24)15(17(13)23)19(25)26;1-3-2/h1,6-10H2,2-5H3,(H,25,26)(H2,20,23,24);3H2,1-2H3. The van der Waals surface area contributed by atoms with Crippen LogP contribution in [0.2, 0.25) is 0 Å². The molecule has 0 aliphatic heterocycles. The van der Waals surface area contributed by atoms with Crippen molar-refractivity contribution in [2.24, 2.45) is 0 Å². The predicted molar refractivity (Wildman–Crippen MR) is 117 cm³/mol. The highest BCUT2D eigenvalue weighted by Crippen LogP contribution is 2.35. The van der Waals surface area contributed by atoms with E-state index in [4.69, 9.17) is 0 Å². The van der Waals surface area contributed by atoms with E-state index in [1.165, 1.54) is 6.42 Å². The van der Waals surface area contributed by atoms with E-state index in [1.54, 1.807) is 0 Å². The number of aromatic amines is 1. The maximum atomic E-state index is 12.2. The number of likely N-dealkylation sites (N-methyl/N-ethyl adjacent to an activating group) is 1. The molecule has 1 aromatic heterocycles. The molecule has 0 saturated heterocycles. The van der Waals surface area contributed by atoms with Crippen molar-refractivity contribution < 1.29 is 15.0 Å². The SMILES string of the molecule is C=C(C)N(CCN(C)C)C1=C(C)c2[nH]c(=O)c(C(=O)O)c(O)c2CCC1.CCC. The molecule has 2 rings (SSSR count). The maximum Gasteiger partial charge on any atom is 0.345 e. The first kappa shape index (κ1) is 24.5. The fourth-order valence-corrected chi connectivity index (χ4v) is 3.35. The van der Waals surface area contributed by atoms with Gasteiger partial charge in [-0.25, -0.2) is 4.79 Å². The summed E-state index contributed by atoms with van der Waals surface area (Å²) >= 11 is 0. The zero-order valence-corrected chi connectivity index (χ0v) is 18.6. The van der Waals surface area contributed by atoms with Gasteiger partial charge in [-0.05, 0) is 52.8 Å². The molecule has 0 spiro atoms. The molecule has 0 radical (unpaired) electrons. The minimum Gasteiger partial charge on any atom is -0.506 e. The van der Waals surface area contributed by atoms with Crippen LogP contribution in [0.5, 0.6) is 5.75 Å². The number of nitrogens with one attached hydrogen (secondary N) is 1. The lowest BCUT2D eigenvalue weighted by Gasteiger charge is -2.30. The molecule has 7 nitrogen and oxygen atoms in total. The lowest BCUT2D eigenvalue weighted by molar-refractivity contribution is 0.0691. The van der Waals surface area contributed by atoms with Gasteiger partial charge in [0.25, 0.3) is 5.56 Å². The first-order valence-electron chi connectivity index (χ1n) is 10.1. The Labute approximate surface area is 173 Å². The van der Waals surface area contributed by atoms with Crippen molar-refractivity contribution in [2.45, 2.75) is 53.4 Å². The summed E-state index contributed by atoms with van der Waals surface area (Å²) in [6, 6.07) is 0. The molecule has 162 valence electrons. The van der Waals surface area contributed by atoms with Gasteiger partial charge in [-0.15, -0.1) is 0 Å². The van der Waals surface area contributed by atoms with Crippen LogP contribution in [0.15, 0.2) is 22.8 Å². The molecule has 0 aromatic carbocycles. The van der Waals surface area contributed by atoms with Crippen molar-refractivity contribution in [1.82, 2.24) is 14.8 Å². The molecule has 29 heavy (non-hydrogen) atoms. The quantitative estimate of drug-likeness (QED) is 0.668. The third-order valence-electron chi connectivity index (χ3n) is 4.71. The van der Waals surface area contributed by atoms with Crippen LogP contribution in [0, 0.1) is 0 Å². The monoisotopic (exact) mass is 405 g/mol. The van der Waals surface area contributed by atoms with E-state index in [0.29, 0.717) is 17.7 Å². The Bertz CT molecular complexity index is 837. The summed E-state index contributed by atoms with van der Waals surface area (Å²) in [7, 11) is 4.01. The number of hydrogen-bond acceptors (Lipinski definition) is 5. The van der Waals surface area contributed by atoms with Gasteiger partial charge in [-0.3, -0.25) is 4.79 Å². The molecular weight excluding hydrogens is 370 g/mol. The van der Waals surface area contributed by atoms with Crippen molar-refractivity contribution in [3.63, 3.8) is 0 Å². The summed E-state index contributed by atoms with van der Waals surface area (Å²) in [5, 5.41) is 19.6. The number of rotatable bonds is 6. The number of hydrogen-bond donors (Lipinski definition) is 3. The maximum absolute atomic E-state index is 12.2. The first-order chi connectivity index (χ1) is 13.6. The third kappa shape index (κ3) is 5.97. The summed E-state index contributed by atoms with van der Waals surface area (Å²) in [5.74, 6) is -1.85. The number of aromatic carboxylic acids is 1. The Kier molecular flexibility index (Phi) is 9.17. The Morgan fingerprint density at radius 1 is 1.21 bits per heavy atom. The number of pyridine rings is 1. The number of carboxylic acids is 1. The molecule has 0 fully saturated rings. The molecule has 7 heteroatoms. The highest BCUT2D eigenvalue weighted by Gasteiger charge is 2.26. The minimum atomic E-state index is -1.42. The van der Waals surface area contributed by atoms with Crippen LogP contribution in [0.1, 0.15) is 68.6 Å². The number of carboxylic acid groups (broad SMARTS) is 1. The van der Waals surface area contributed by atoms with Crippen LogP contribution in [0.4, 0.5) is 0 Å². The van der Waals surface area contributed by atoms with E-state index < -0.39 is 22.8 Å². The van der Waals surface area contributed by atoms with Gasteiger partial charge < -0.3 is 25.0 Å². The van der Waals surface area contributed by atoms with Crippen LogP contribution < -0.4 is 5.56 Å².